The van der Waals surface area contributed by atoms with Crippen LogP contribution in [-0.4, -0.2) is 0 Å². The minimum atomic E-state index is 0.350. The van der Waals surface area contributed by atoms with Gasteiger partial charge < -0.3 is 0 Å². The molecule has 0 spiro atoms. The van der Waals surface area contributed by atoms with E-state index in [4.69, 9.17) is 0 Å². The average Bonchev–Trinajstić information content (AvgIpc) is 2.19. The fraction of sp³-hybridized carbons (Fsp3) is 0.733. The van der Waals surface area contributed by atoms with Gasteiger partial charge in [0, 0.05) is 0 Å². The Balaban J connectivity index is -0.000000245. The standard InChI is InChI=1S/C10H18.C3H8.C2H6/c1-5-7-9-10(3,4)8-6-2;1-3-2;1-2/h5-6,8H,1,7,9H2,2-4H3;3H2,1-2H3;1-2H3/b8-6+;;. The van der Waals surface area contributed by atoms with Crippen LogP contribution in [-0.2, 0) is 0 Å². The van der Waals surface area contributed by atoms with Crippen LogP contribution in [0.1, 0.15) is 67.7 Å². The molecule has 0 aromatic heterocycles. The first-order valence-electron chi connectivity index (χ1n) is 6.28. The van der Waals surface area contributed by atoms with Gasteiger partial charge in [-0.15, -0.1) is 6.58 Å². The summed E-state index contributed by atoms with van der Waals surface area (Å²) in [4.78, 5) is 0. The Bertz CT molecular complexity index is 129. The summed E-state index contributed by atoms with van der Waals surface area (Å²) >= 11 is 0. The SMILES string of the molecule is C=CCCC(C)(C)/C=C/C.CC.CCC. The third kappa shape index (κ3) is 24.7. The van der Waals surface area contributed by atoms with Crippen molar-refractivity contribution in [1.29, 1.82) is 0 Å². The van der Waals surface area contributed by atoms with Crippen LogP contribution in [0.3, 0.4) is 0 Å². The second kappa shape index (κ2) is 15.9. The lowest BCUT2D eigenvalue weighted by molar-refractivity contribution is 0.442. The van der Waals surface area contributed by atoms with E-state index in [2.05, 4.69) is 53.3 Å². The van der Waals surface area contributed by atoms with E-state index in [1.54, 1.807) is 0 Å². The maximum atomic E-state index is 3.70. The van der Waals surface area contributed by atoms with E-state index in [0.29, 0.717) is 5.41 Å². The van der Waals surface area contributed by atoms with Crippen molar-refractivity contribution in [2.24, 2.45) is 5.41 Å². The van der Waals surface area contributed by atoms with Gasteiger partial charge in [-0.05, 0) is 25.2 Å². The normalized spacial score (nSPS) is 9.80. The van der Waals surface area contributed by atoms with Crippen LogP contribution < -0.4 is 0 Å². The molecule has 0 saturated heterocycles. The molecule has 0 aliphatic heterocycles. The van der Waals surface area contributed by atoms with E-state index in [1.807, 2.05) is 19.9 Å². The Hall–Kier alpha value is -0.520. The van der Waals surface area contributed by atoms with Crippen molar-refractivity contribution in [3.63, 3.8) is 0 Å². The lowest BCUT2D eigenvalue weighted by Gasteiger charge is -2.18. The van der Waals surface area contributed by atoms with Gasteiger partial charge in [0.1, 0.15) is 0 Å². The number of hydrogen-bond acceptors (Lipinski definition) is 0. The molecule has 0 nitrogen and oxygen atoms in total. The van der Waals surface area contributed by atoms with Gasteiger partial charge in [0.25, 0.3) is 0 Å². The van der Waals surface area contributed by atoms with E-state index in [1.165, 1.54) is 12.8 Å². The highest BCUT2D eigenvalue weighted by Gasteiger charge is 2.10. The van der Waals surface area contributed by atoms with Crippen molar-refractivity contribution in [2.45, 2.75) is 67.7 Å². The quantitative estimate of drug-likeness (QED) is 0.501. The summed E-state index contributed by atoms with van der Waals surface area (Å²) in [5.41, 5.74) is 0.350. The first-order valence-corrected chi connectivity index (χ1v) is 6.28. The average molecular weight is 212 g/mol. The second-order valence-corrected chi connectivity index (χ2v) is 4.02. The zero-order valence-corrected chi connectivity index (χ0v) is 12.1. The first-order chi connectivity index (χ1) is 7.04. The fourth-order valence-electron chi connectivity index (χ4n) is 1.01. The summed E-state index contributed by atoms with van der Waals surface area (Å²) in [7, 11) is 0. The highest BCUT2D eigenvalue weighted by atomic mass is 14.2. The van der Waals surface area contributed by atoms with E-state index in [-0.39, 0.29) is 0 Å². The van der Waals surface area contributed by atoms with Crippen LogP contribution in [0.2, 0.25) is 0 Å². The van der Waals surface area contributed by atoms with Crippen molar-refractivity contribution in [3.05, 3.63) is 24.8 Å². The molecule has 92 valence electrons. The number of allylic oxidation sites excluding steroid dienone is 3. The van der Waals surface area contributed by atoms with Crippen LogP contribution in [0.25, 0.3) is 0 Å². The monoisotopic (exact) mass is 212 g/mol. The van der Waals surface area contributed by atoms with Gasteiger partial charge in [0.05, 0.1) is 0 Å². The molecule has 0 aromatic carbocycles. The molecule has 0 heterocycles. The lowest BCUT2D eigenvalue weighted by atomic mass is 9.87. The molecule has 0 aromatic rings. The van der Waals surface area contributed by atoms with E-state index in [9.17, 15) is 0 Å². The maximum Gasteiger partial charge on any atom is -0.0172 e. The van der Waals surface area contributed by atoms with Crippen LogP contribution in [0.15, 0.2) is 24.8 Å². The van der Waals surface area contributed by atoms with Crippen LogP contribution in [0, 0.1) is 5.41 Å². The topological polar surface area (TPSA) is 0 Å². The maximum absolute atomic E-state index is 3.70. The van der Waals surface area contributed by atoms with Gasteiger partial charge in [-0.2, -0.15) is 0 Å². The first kappa shape index (κ1) is 20.0. The van der Waals surface area contributed by atoms with E-state index < -0.39 is 0 Å². The van der Waals surface area contributed by atoms with Gasteiger partial charge in [-0.3, -0.25) is 0 Å². The summed E-state index contributed by atoms with van der Waals surface area (Å²) in [6.45, 7) is 18.5. The summed E-state index contributed by atoms with van der Waals surface area (Å²) in [5, 5.41) is 0. The Morgan fingerprint density at radius 2 is 1.53 bits per heavy atom. The zero-order valence-electron chi connectivity index (χ0n) is 12.1. The predicted octanol–water partition coefficient (Wildman–Crippen LogP) is 6.00. The smallest absolute Gasteiger partial charge is 0.0172 e. The minimum Gasteiger partial charge on any atom is -0.103 e. The summed E-state index contributed by atoms with van der Waals surface area (Å²) < 4.78 is 0. The molecule has 0 N–H and O–H groups in total. The Labute approximate surface area is 98.5 Å². The van der Waals surface area contributed by atoms with Crippen molar-refractivity contribution >= 4 is 0 Å². The van der Waals surface area contributed by atoms with Gasteiger partial charge in [0.2, 0.25) is 0 Å². The van der Waals surface area contributed by atoms with Gasteiger partial charge in [-0.25, -0.2) is 0 Å². The minimum absolute atomic E-state index is 0.350. The summed E-state index contributed by atoms with van der Waals surface area (Å²) in [6.07, 6.45) is 9.89. The van der Waals surface area contributed by atoms with Crippen LogP contribution in [0.4, 0.5) is 0 Å². The molecule has 0 amide bonds. The Morgan fingerprint density at radius 3 is 1.80 bits per heavy atom. The molecule has 0 rings (SSSR count). The largest absolute Gasteiger partial charge is 0.103 e. The molecular weight excluding hydrogens is 180 g/mol. The van der Waals surface area contributed by atoms with Gasteiger partial charge in [-0.1, -0.05) is 66.2 Å². The molecular formula is C15H32. The molecule has 0 heteroatoms. The molecule has 0 unspecified atom stereocenters. The van der Waals surface area contributed by atoms with Crippen LogP contribution >= 0.6 is 0 Å². The molecule has 15 heavy (non-hydrogen) atoms. The zero-order chi connectivity index (χ0) is 12.7. The molecule has 0 atom stereocenters. The van der Waals surface area contributed by atoms with Crippen molar-refractivity contribution in [3.8, 4) is 0 Å². The third-order valence-corrected chi connectivity index (χ3v) is 1.61. The van der Waals surface area contributed by atoms with Crippen molar-refractivity contribution < 1.29 is 0 Å². The molecule has 0 radical (unpaired) electrons. The third-order valence-electron chi connectivity index (χ3n) is 1.61. The summed E-state index contributed by atoms with van der Waals surface area (Å²) in [6, 6.07) is 0. The highest BCUT2D eigenvalue weighted by molar-refractivity contribution is 4.93. The molecule has 0 aliphatic rings. The molecule has 0 fully saturated rings. The van der Waals surface area contributed by atoms with Gasteiger partial charge in [0.15, 0.2) is 0 Å². The molecule has 0 bridgehead atoms. The molecule has 0 saturated carbocycles. The summed E-state index contributed by atoms with van der Waals surface area (Å²) in [5.74, 6) is 0. The predicted molar refractivity (Wildman–Crippen MR) is 75.3 cm³/mol. The highest BCUT2D eigenvalue weighted by Crippen LogP contribution is 2.23. The van der Waals surface area contributed by atoms with Gasteiger partial charge >= 0.3 is 0 Å². The van der Waals surface area contributed by atoms with Crippen molar-refractivity contribution in [2.75, 3.05) is 0 Å². The number of rotatable bonds is 4. The fourth-order valence-corrected chi connectivity index (χ4v) is 1.01. The Morgan fingerprint density at radius 1 is 1.13 bits per heavy atom. The van der Waals surface area contributed by atoms with E-state index in [0.717, 1.165) is 6.42 Å². The second-order valence-electron chi connectivity index (χ2n) is 4.02. The molecule has 0 aliphatic carbocycles. The van der Waals surface area contributed by atoms with E-state index >= 15 is 0 Å². The Kier molecular flexibility index (Phi) is 21.2. The van der Waals surface area contributed by atoms with Crippen molar-refractivity contribution in [1.82, 2.24) is 0 Å². The van der Waals surface area contributed by atoms with Crippen LogP contribution in [0.5, 0.6) is 0 Å². The lowest BCUT2D eigenvalue weighted by Crippen LogP contribution is -2.05. The number of hydrogen-bond donors (Lipinski definition) is 0.